The van der Waals surface area contributed by atoms with E-state index in [2.05, 4.69) is 0 Å². The van der Waals surface area contributed by atoms with Gasteiger partial charge in [-0.15, -0.1) is 11.6 Å². The zero-order valence-electron chi connectivity index (χ0n) is 11.9. The molecule has 0 bridgehead atoms. The Morgan fingerprint density at radius 2 is 1.60 bits per heavy atom. The molecular formula is C17H19ClO2. The van der Waals surface area contributed by atoms with Crippen LogP contribution < -0.4 is 4.74 Å². The Morgan fingerprint density at radius 1 is 0.950 bits per heavy atom. The summed E-state index contributed by atoms with van der Waals surface area (Å²) in [4.78, 5) is 0. The average molecular weight is 291 g/mol. The normalized spacial score (nSPS) is 10.6. The van der Waals surface area contributed by atoms with Gasteiger partial charge in [0.15, 0.2) is 6.79 Å². The van der Waals surface area contributed by atoms with Gasteiger partial charge in [0.25, 0.3) is 0 Å². The highest BCUT2D eigenvalue weighted by atomic mass is 35.5. The van der Waals surface area contributed by atoms with Gasteiger partial charge in [-0.25, -0.2) is 0 Å². The van der Waals surface area contributed by atoms with E-state index in [1.165, 1.54) is 0 Å². The Morgan fingerprint density at radius 3 is 2.20 bits per heavy atom. The molecule has 0 aliphatic heterocycles. The molecule has 0 amide bonds. The number of alkyl halides is 1. The summed E-state index contributed by atoms with van der Waals surface area (Å²) in [5.41, 5.74) is 4.43. The minimum absolute atomic E-state index is 0.247. The van der Waals surface area contributed by atoms with Crippen LogP contribution in [0.4, 0.5) is 0 Å². The first kappa shape index (κ1) is 14.9. The molecule has 0 aromatic heterocycles. The SMILES string of the molecule is Cc1cc(CCl)cc(C)c1OCOCc1ccccc1. The van der Waals surface area contributed by atoms with Crippen LogP contribution in [0.3, 0.4) is 0 Å². The third kappa shape index (κ3) is 3.99. The molecule has 0 atom stereocenters. The van der Waals surface area contributed by atoms with E-state index in [4.69, 9.17) is 21.1 Å². The minimum Gasteiger partial charge on any atom is -0.467 e. The van der Waals surface area contributed by atoms with Crippen LogP contribution in [0.5, 0.6) is 5.75 Å². The molecule has 0 fully saturated rings. The molecule has 0 aliphatic carbocycles. The zero-order chi connectivity index (χ0) is 14.4. The van der Waals surface area contributed by atoms with Gasteiger partial charge in [0, 0.05) is 5.88 Å². The van der Waals surface area contributed by atoms with Crippen LogP contribution in [0.1, 0.15) is 22.3 Å². The molecule has 0 N–H and O–H groups in total. The molecule has 0 unspecified atom stereocenters. The lowest BCUT2D eigenvalue weighted by Gasteiger charge is -2.13. The number of halogens is 1. The predicted molar refractivity (Wildman–Crippen MR) is 82.2 cm³/mol. The number of hydrogen-bond acceptors (Lipinski definition) is 2. The van der Waals surface area contributed by atoms with Gasteiger partial charge >= 0.3 is 0 Å². The topological polar surface area (TPSA) is 18.5 Å². The highest BCUT2D eigenvalue weighted by Gasteiger charge is 2.06. The summed E-state index contributed by atoms with van der Waals surface area (Å²) in [6.45, 7) is 4.85. The summed E-state index contributed by atoms with van der Waals surface area (Å²) >= 11 is 5.85. The molecule has 2 aromatic rings. The van der Waals surface area contributed by atoms with Gasteiger partial charge in [0.1, 0.15) is 5.75 Å². The quantitative estimate of drug-likeness (QED) is 0.440. The number of aryl methyl sites for hydroxylation is 2. The van der Waals surface area contributed by atoms with Gasteiger partial charge in [-0.2, -0.15) is 0 Å². The molecule has 2 nitrogen and oxygen atoms in total. The molecule has 0 saturated carbocycles. The van der Waals surface area contributed by atoms with E-state index in [0.29, 0.717) is 12.5 Å². The molecule has 3 heteroatoms. The standard InChI is InChI=1S/C17H19ClO2/c1-13-8-16(10-18)9-14(2)17(13)20-12-19-11-15-6-4-3-5-7-15/h3-9H,10-12H2,1-2H3. The molecule has 0 spiro atoms. The Kier molecular flexibility index (Phi) is 5.45. The van der Waals surface area contributed by atoms with Crippen LogP contribution >= 0.6 is 11.6 Å². The maximum absolute atomic E-state index is 5.85. The predicted octanol–water partition coefficient (Wildman–Crippen LogP) is 4.60. The van der Waals surface area contributed by atoms with Crippen molar-refractivity contribution in [2.24, 2.45) is 0 Å². The highest BCUT2D eigenvalue weighted by molar-refractivity contribution is 6.17. The monoisotopic (exact) mass is 290 g/mol. The number of ether oxygens (including phenoxy) is 2. The lowest BCUT2D eigenvalue weighted by atomic mass is 10.1. The molecule has 0 radical (unpaired) electrons. The summed E-state index contributed by atoms with van der Waals surface area (Å²) in [5, 5.41) is 0. The van der Waals surface area contributed by atoms with Crippen LogP contribution in [-0.2, 0) is 17.2 Å². The van der Waals surface area contributed by atoms with E-state index in [9.17, 15) is 0 Å². The van der Waals surface area contributed by atoms with E-state index in [-0.39, 0.29) is 6.79 Å². The van der Waals surface area contributed by atoms with Crippen molar-refractivity contribution in [2.75, 3.05) is 6.79 Å². The molecule has 0 saturated heterocycles. The van der Waals surface area contributed by atoms with Crippen molar-refractivity contribution < 1.29 is 9.47 Å². The third-order valence-corrected chi connectivity index (χ3v) is 3.38. The fourth-order valence-corrected chi connectivity index (χ4v) is 2.33. The second-order valence-electron chi connectivity index (χ2n) is 4.79. The lowest BCUT2D eigenvalue weighted by Crippen LogP contribution is -2.05. The van der Waals surface area contributed by atoms with Crippen molar-refractivity contribution in [3.8, 4) is 5.75 Å². The first-order valence-corrected chi connectivity index (χ1v) is 7.14. The van der Waals surface area contributed by atoms with Crippen molar-refractivity contribution in [3.05, 3.63) is 64.7 Å². The minimum atomic E-state index is 0.247. The van der Waals surface area contributed by atoms with Gasteiger partial charge in [-0.3, -0.25) is 0 Å². The van der Waals surface area contributed by atoms with Crippen molar-refractivity contribution in [3.63, 3.8) is 0 Å². The maximum atomic E-state index is 5.85. The highest BCUT2D eigenvalue weighted by Crippen LogP contribution is 2.25. The Bertz CT molecular complexity index is 529. The molecule has 2 rings (SSSR count). The van der Waals surface area contributed by atoms with Crippen molar-refractivity contribution in [2.45, 2.75) is 26.3 Å². The fourth-order valence-electron chi connectivity index (χ4n) is 2.18. The second kappa shape index (κ2) is 7.32. The van der Waals surface area contributed by atoms with Crippen molar-refractivity contribution >= 4 is 11.6 Å². The number of hydrogen-bond donors (Lipinski definition) is 0. The fraction of sp³-hybridized carbons (Fsp3) is 0.294. The summed E-state index contributed by atoms with van der Waals surface area (Å²) in [6, 6.07) is 14.2. The van der Waals surface area contributed by atoms with Gasteiger partial charge < -0.3 is 9.47 Å². The number of rotatable bonds is 6. The molecular weight excluding hydrogens is 272 g/mol. The Hall–Kier alpha value is -1.51. The second-order valence-corrected chi connectivity index (χ2v) is 5.06. The van der Waals surface area contributed by atoms with Gasteiger partial charge in [-0.05, 0) is 36.1 Å². The van der Waals surface area contributed by atoms with E-state index in [0.717, 1.165) is 28.0 Å². The first-order chi connectivity index (χ1) is 9.70. The van der Waals surface area contributed by atoms with Gasteiger partial charge in [0.2, 0.25) is 0 Å². The summed E-state index contributed by atoms with van der Waals surface area (Å²) in [7, 11) is 0. The Balaban J connectivity index is 1.88. The van der Waals surface area contributed by atoms with Crippen LogP contribution in [0, 0.1) is 13.8 Å². The zero-order valence-corrected chi connectivity index (χ0v) is 12.6. The third-order valence-electron chi connectivity index (χ3n) is 3.07. The van der Waals surface area contributed by atoms with Crippen LogP contribution in [0.15, 0.2) is 42.5 Å². The smallest absolute Gasteiger partial charge is 0.189 e. The van der Waals surface area contributed by atoms with Crippen LogP contribution in [-0.4, -0.2) is 6.79 Å². The first-order valence-electron chi connectivity index (χ1n) is 6.61. The van der Waals surface area contributed by atoms with Gasteiger partial charge in [0.05, 0.1) is 6.61 Å². The average Bonchev–Trinajstić information content (AvgIpc) is 2.46. The molecule has 2 aromatic carbocycles. The van der Waals surface area contributed by atoms with Crippen molar-refractivity contribution in [1.29, 1.82) is 0 Å². The molecule has 0 aliphatic rings. The maximum Gasteiger partial charge on any atom is 0.189 e. The molecule has 106 valence electrons. The number of benzene rings is 2. The van der Waals surface area contributed by atoms with E-state index in [1.807, 2.05) is 56.3 Å². The molecule has 20 heavy (non-hydrogen) atoms. The van der Waals surface area contributed by atoms with E-state index >= 15 is 0 Å². The van der Waals surface area contributed by atoms with E-state index in [1.54, 1.807) is 0 Å². The summed E-state index contributed by atoms with van der Waals surface area (Å²) in [6.07, 6.45) is 0. The van der Waals surface area contributed by atoms with E-state index < -0.39 is 0 Å². The lowest BCUT2D eigenvalue weighted by molar-refractivity contribution is 0.00430. The van der Waals surface area contributed by atoms with Crippen LogP contribution in [0.2, 0.25) is 0 Å². The largest absolute Gasteiger partial charge is 0.467 e. The molecule has 0 heterocycles. The van der Waals surface area contributed by atoms with Gasteiger partial charge in [-0.1, -0.05) is 42.5 Å². The van der Waals surface area contributed by atoms with Crippen molar-refractivity contribution in [1.82, 2.24) is 0 Å². The summed E-state index contributed by atoms with van der Waals surface area (Å²) in [5.74, 6) is 1.40. The van der Waals surface area contributed by atoms with Crippen LogP contribution in [0.25, 0.3) is 0 Å². The Labute approximate surface area is 125 Å². The summed E-state index contributed by atoms with van der Waals surface area (Å²) < 4.78 is 11.3.